The number of nitrogens with zero attached hydrogens (tertiary/aromatic N) is 3. The zero-order valence-electron chi connectivity index (χ0n) is 19.0. The lowest BCUT2D eigenvalue weighted by Crippen LogP contribution is -2.33. The molecule has 11 nitrogen and oxygen atoms in total. The summed E-state index contributed by atoms with van der Waals surface area (Å²) in [4.78, 5) is 48.3. The fourth-order valence-electron chi connectivity index (χ4n) is 3.61. The van der Waals surface area contributed by atoms with Gasteiger partial charge in [0, 0.05) is 23.6 Å². The smallest absolute Gasteiger partial charge is 0.322 e. The summed E-state index contributed by atoms with van der Waals surface area (Å²) >= 11 is 0. The molecule has 0 atom stereocenters. The van der Waals surface area contributed by atoms with Gasteiger partial charge in [-0.25, -0.2) is 32.5 Å². The van der Waals surface area contributed by atoms with Crippen LogP contribution in [0.15, 0.2) is 106 Å². The maximum absolute atomic E-state index is 12.8. The van der Waals surface area contributed by atoms with Gasteiger partial charge in [-0.2, -0.15) is 0 Å². The number of sulfonamides is 1. The minimum absolute atomic E-state index is 0.0339. The van der Waals surface area contributed by atoms with E-state index < -0.39 is 27.2 Å². The van der Waals surface area contributed by atoms with Gasteiger partial charge in [0.1, 0.15) is 0 Å². The summed E-state index contributed by atoms with van der Waals surface area (Å²) in [6.45, 7) is 0. The fourth-order valence-corrected chi connectivity index (χ4v) is 4.57. The van der Waals surface area contributed by atoms with Crippen molar-refractivity contribution in [3.63, 3.8) is 0 Å². The van der Waals surface area contributed by atoms with Gasteiger partial charge in [0.15, 0.2) is 0 Å². The maximum Gasteiger partial charge on any atom is 0.333 e. The van der Waals surface area contributed by atoms with Crippen molar-refractivity contribution in [2.24, 2.45) is 0 Å². The highest BCUT2D eigenvalue weighted by atomic mass is 32.2. The Morgan fingerprint density at radius 2 is 1.51 bits per heavy atom. The van der Waals surface area contributed by atoms with Crippen molar-refractivity contribution in [3.8, 4) is 5.69 Å². The molecule has 0 fully saturated rings. The van der Waals surface area contributed by atoms with Gasteiger partial charge < -0.3 is 10.3 Å². The van der Waals surface area contributed by atoms with E-state index in [4.69, 9.17) is 0 Å². The van der Waals surface area contributed by atoms with Gasteiger partial charge in [0.25, 0.3) is 21.5 Å². The van der Waals surface area contributed by atoms with Crippen LogP contribution in [0.5, 0.6) is 0 Å². The molecule has 3 N–H and O–H groups in total. The van der Waals surface area contributed by atoms with Gasteiger partial charge >= 0.3 is 5.69 Å². The molecule has 2 heterocycles. The Labute approximate surface area is 209 Å². The summed E-state index contributed by atoms with van der Waals surface area (Å²) in [6, 6.07) is 19.8. The monoisotopic (exact) mass is 514 g/mol. The number of fused-ring (bicyclic) bond motifs is 1. The average Bonchev–Trinajstić information content (AvgIpc) is 2.90. The predicted octanol–water partition coefficient (Wildman–Crippen LogP) is 2.52. The molecule has 3 aromatic carbocycles. The first kappa shape index (κ1) is 23.6. The van der Waals surface area contributed by atoms with E-state index in [9.17, 15) is 22.8 Å². The molecule has 0 saturated carbocycles. The van der Waals surface area contributed by atoms with E-state index in [0.717, 1.165) is 4.57 Å². The van der Waals surface area contributed by atoms with Gasteiger partial charge in [0.2, 0.25) is 5.95 Å². The third kappa shape index (κ3) is 4.86. The lowest BCUT2D eigenvalue weighted by molar-refractivity contribution is 0.102. The highest BCUT2D eigenvalue weighted by Gasteiger charge is 2.16. The first-order valence-corrected chi connectivity index (χ1v) is 12.4. The number of para-hydroxylation sites is 1. The van der Waals surface area contributed by atoms with Gasteiger partial charge in [0.05, 0.1) is 21.5 Å². The van der Waals surface area contributed by atoms with Gasteiger partial charge in [-0.15, -0.1) is 0 Å². The van der Waals surface area contributed by atoms with E-state index in [1.54, 1.807) is 30.3 Å². The van der Waals surface area contributed by atoms with Crippen molar-refractivity contribution in [1.82, 2.24) is 19.5 Å². The van der Waals surface area contributed by atoms with Crippen LogP contribution >= 0.6 is 0 Å². The van der Waals surface area contributed by atoms with Crippen molar-refractivity contribution in [2.75, 3.05) is 10.0 Å². The lowest BCUT2D eigenvalue weighted by atomic mass is 10.1. The van der Waals surface area contributed by atoms with Crippen molar-refractivity contribution in [3.05, 3.63) is 118 Å². The third-order valence-corrected chi connectivity index (χ3v) is 6.75. The third-order valence-electron chi connectivity index (χ3n) is 5.41. The van der Waals surface area contributed by atoms with E-state index in [1.165, 1.54) is 60.9 Å². The van der Waals surface area contributed by atoms with Crippen molar-refractivity contribution in [2.45, 2.75) is 4.90 Å². The van der Waals surface area contributed by atoms with Crippen LogP contribution < -0.4 is 21.3 Å². The van der Waals surface area contributed by atoms with Crippen molar-refractivity contribution < 1.29 is 13.2 Å². The van der Waals surface area contributed by atoms with E-state index in [2.05, 4.69) is 25.0 Å². The maximum atomic E-state index is 12.8. The molecule has 2 aromatic heterocycles. The number of H-pyrrole nitrogens is 1. The Morgan fingerprint density at radius 1 is 0.838 bits per heavy atom. The largest absolute Gasteiger partial charge is 0.333 e. The van der Waals surface area contributed by atoms with Crippen LogP contribution in [0.2, 0.25) is 0 Å². The van der Waals surface area contributed by atoms with Crippen LogP contribution in [0, 0.1) is 0 Å². The van der Waals surface area contributed by atoms with E-state index in [0.29, 0.717) is 22.3 Å². The summed E-state index contributed by atoms with van der Waals surface area (Å²) in [6.07, 6.45) is 2.82. The Morgan fingerprint density at radius 3 is 2.22 bits per heavy atom. The average molecular weight is 515 g/mol. The molecule has 5 rings (SSSR count). The zero-order chi connectivity index (χ0) is 26.0. The summed E-state index contributed by atoms with van der Waals surface area (Å²) in [5.74, 6) is -0.519. The number of rotatable bonds is 6. The summed E-state index contributed by atoms with van der Waals surface area (Å²) in [7, 11) is -3.91. The SMILES string of the molecule is O=C(Nc1ccc(S(=O)(=O)Nc2ncccn2)cc1)c1ccc(-n2c(=O)[nH]c3ccccc3c2=O)cc1. The summed E-state index contributed by atoms with van der Waals surface area (Å²) < 4.78 is 28.3. The highest BCUT2D eigenvalue weighted by molar-refractivity contribution is 7.92. The second kappa shape index (κ2) is 9.51. The molecule has 12 heteroatoms. The summed E-state index contributed by atoms with van der Waals surface area (Å²) in [5, 5.41) is 3.04. The molecule has 0 radical (unpaired) electrons. The number of hydrogen-bond donors (Lipinski definition) is 3. The van der Waals surface area contributed by atoms with Crippen LogP contribution in [0.1, 0.15) is 10.4 Å². The molecule has 0 aliphatic rings. The normalized spacial score (nSPS) is 11.2. The lowest BCUT2D eigenvalue weighted by Gasteiger charge is -2.09. The number of aromatic amines is 1. The number of nitrogens with one attached hydrogen (secondary N) is 3. The molecule has 0 aliphatic heterocycles. The molecule has 37 heavy (non-hydrogen) atoms. The molecule has 184 valence electrons. The standard InChI is InChI=1S/C25H18N6O5S/c32-22(28-17-8-12-19(13-9-17)37(35,36)30-24-26-14-3-15-27-24)16-6-10-18(11-7-16)31-23(33)20-4-1-2-5-21(20)29-25(31)34/h1-15H,(H,28,32)(H,29,34)(H,26,27,30). The quantitative estimate of drug-likeness (QED) is 0.314. The molecule has 0 saturated heterocycles. The highest BCUT2D eigenvalue weighted by Crippen LogP contribution is 2.17. The van der Waals surface area contributed by atoms with Crippen LogP contribution in [0.25, 0.3) is 16.6 Å². The molecule has 0 spiro atoms. The Kier molecular flexibility index (Phi) is 6.07. The number of hydrogen-bond acceptors (Lipinski definition) is 7. The van der Waals surface area contributed by atoms with Crippen LogP contribution in [-0.2, 0) is 10.0 Å². The van der Waals surface area contributed by atoms with Crippen LogP contribution in [0.4, 0.5) is 11.6 Å². The molecule has 0 aliphatic carbocycles. The molecular weight excluding hydrogens is 496 g/mol. The number of aromatic nitrogens is 4. The minimum atomic E-state index is -3.91. The predicted molar refractivity (Wildman–Crippen MR) is 137 cm³/mol. The Hall–Kier alpha value is -5.10. The second-order valence-electron chi connectivity index (χ2n) is 7.82. The van der Waals surface area contributed by atoms with Gasteiger partial charge in [-0.3, -0.25) is 9.59 Å². The second-order valence-corrected chi connectivity index (χ2v) is 9.50. The van der Waals surface area contributed by atoms with E-state index in [1.807, 2.05) is 0 Å². The van der Waals surface area contributed by atoms with Crippen LogP contribution in [0.3, 0.4) is 0 Å². The first-order valence-electron chi connectivity index (χ1n) is 10.9. The van der Waals surface area contributed by atoms with Gasteiger partial charge in [-0.05, 0) is 66.7 Å². The van der Waals surface area contributed by atoms with Gasteiger partial charge in [-0.1, -0.05) is 12.1 Å². The number of carbonyl (C=O) groups is 1. The molecule has 0 unspecified atom stereocenters. The first-order chi connectivity index (χ1) is 17.8. The van der Waals surface area contributed by atoms with Crippen LogP contribution in [-0.4, -0.2) is 33.8 Å². The Balaban J connectivity index is 1.32. The fraction of sp³-hybridized carbons (Fsp3) is 0. The number of amides is 1. The Bertz CT molecular complexity index is 1830. The zero-order valence-corrected chi connectivity index (χ0v) is 19.8. The molecular formula is C25H18N6O5S. The van der Waals surface area contributed by atoms with E-state index in [-0.39, 0.29) is 16.4 Å². The number of carbonyl (C=O) groups excluding carboxylic acids is 1. The molecule has 1 amide bonds. The topological polar surface area (TPSA) is 156 Å². The van der Waals surface area contributed by atoms with E-state index >= 15 is 0 Å². The summed E-state index contributed by atoms with van der Waals surface area (Å²) in [5.41, 5.74) is 0.315. The minimum Gasteiger partial charge on any atom is -0.322 e. The van der Waals surface area contributed by atoms with Crippen molar-refractivity contribution >= 4 is 38.5 Å². The molecule has 0 bridgehead atoms. The molecule has 5 aromatic rings. The number of anilines is 2. The number of benzene rings is 3. The van der Waals surface area contributed by atoms with Crippen molar-refractivity contribution in [1.29, 1.82) is 0 Å².